The topological polar surface area (TPSA) is 56.7 Å². The monoisotopic (exact) mass is 314 g/mol. The van der Waals surface area contributed by atoms with Gasteiger partial charge in [0.25, 0.3) is 0 Å². The minimum absolute atomic E-state index is 0.565. The maximum absolute atomic E-state index is 6.03. The number of hydrogen-bond acceptors (Lipinski definition) is 3. The van der Waals surface area contributed by atoms with Gasteiger partial charge in [-0.3, -0.25) is 0 Å². The van der Waals surface area contributed by atoms with Crippen molar-refractivity contribution in [3.63, 3.8) is 0 Å². The van der Waals surface area contributed by atoms with E-state index in [2.05, 4.69) is 45.7 Å². The molecular weight excluding hydrogens is 296 g/mol. The van der Waals surface area contributed by atoms with Gasteiger partial charge in [-0.25, -0.2) is 9.97 Å². The Kier molecular flexibility index (Phi) is 4.41. The first kappa shape index (κ1) is 15.0. The maximum atomic E-state index is 6.03. The molecule has 0 aliphatic rings. The molecule has 5 heteroatoms. The number of fused-ring (bicyclic) bond motifs is 1. The molecule has 114 valence electrons. The summed E-state index contributed by atoms with van der Waals surface area (Å²) in [6, 6.07) is 10.2. The zero-order valence-corrected chi connectivity index (χ0v) is 13.3. The van der Waals surface area contributed by atoms with Crippen molar-refractivity contribution in [2.24, 2.45) is 5.73 Å². The van der Waals surface area contributed by atoms with Crippen LogP contribution in [0.5, 0.6) is 0 Å². The smallest absolute Gasteiger partial charge is 0.160 e. The third-order valence-electron chi connectivity index (χ3n) is 3.70. The maximum Gasteiger partial charge on any atom is 0.160 e. The van der Waals surface area contributed by atoms with Crippen LogP contribution in [0.1, 0.15) is 30.3 Å². The van der Waals surface area contributed by atoms with Gasteiger partial charge in [-0.15, -0.1) is 0 Å². The minimum atomic E-state index is 0.565. The summed E-state index contributed by atoms with van der Waals surface area (Å²) in [6.45, 7) is 3.47. The van der Waals surface area contributed by atoms with E-state index in [1.54, 1.807) is 6.20 Å². The Morgan fingerprint density at radius 3 is 2.59 bits per heavy atom. The SMILES string of the molecule is CCCc1nc2cc(Cl)cnc2n1Cc1ccc(CN)cc1. The molecule has 0 radical (unpaired) electrons. The minimum Gasteiger partial charge on any atom is -0.326 e. The van der Waals surface area contributed by atoms with Crippen LogP contribution < -0.4 is 5.73 Å². The quantitative estimate of drug-likeness (QED) is 0.783. The molecule has 0 spiro atoms. The Balaban J connectivity index is 2.01. The van der Waals surface area contributed by atoms with E-state index in [9.17, 15) is 0 Å². The fourth-order valence-electron chi connectivity index (χ4n) is 2.58. The fraction of sp³-hybridized carbons (Fsp3) is 0.294. The zero-order valence-electron chi connectivity index (χ0n) is 12.6. The number of nitrogens with zero attached hydrogens (tertiary/aromatic N) is 3. The van der Waals surface area contributed by atoms with Gasteiger partial charge in [-0.05, 0) is 23.6 Å². The van der Waals surface area contributed by atoms with E-state index in [1.165, 1.54) is 5.56 Å². The standard InChI is InChI=1S/C17H19ClN4/c1-2-3-16-21-15-8-14(18)10-20-17(15)22(16)11-13-6-4-12(9-19)5-7-13/h4-8,10H,2-3,9,11,19H2,1H3. The summed E-state index contributed by atoms with van der Waals surface area (Å²) in [5.74, 6) is 1.05. The number of aromatic nitrogens is 3. The number of hydrogen-bond donors (Lipinski definition) is 1. The van der Waals surface area contributed by atoms with Crippen LogP contribution >= 0.6 is 11.6 Å². The second-order valence-electron chi connectivity index (χ2n) is 5.38. The molecule has 2 aromatic heterocycles. The van der Waals surface area contributed by atoms with Gasteiger partial charge in [0.2, 0.25) is 0 Å². The third-order valence-corrected chi connectivity index (χ3v) is 3.91. The summed E-state index contributed by atoms with van der Waals surface area (Å²) in [5.41, 5.74) is 9.74. The van der Waals surface area contributed by atoms with Crippen molar-refractivity contribution in [1.82, 2.24) is 14.5 Å². The molecule has 0 amide bonds. The molecule has 0 atom stereocenters. The first-order valence-electron chi connectivity index (χ1n) is 7.49. The average molecular weight is 315 g/mol. The Morgan fingerprint density at radius 2 is 1.91 bits per heavy atom. The third kappa shape index (κ3) is 2.98. The van der Waals surface area contributed by atoms with E-state index in [0.29, 0.717) is 11.6 Å². The highest BCUT2D eigenvalue weighted by Gasteiger charge is 2.12. The van der Waals surface area contributed by atoms with E-state index in [0.717, 1.165) is 41.9 Å². The van der Waals surface area contributed by atoms with Crippen LogP contribution in [-0.4, -0.2) is 14.5 Å². The second-order valence-corrected chi connectivity index (χ2v) is 5.82. The lowest BCUT2D eigenvalue weighted by atomic mass is 10.1. The van der Waals surface area contributed by atoms with E-state index in [-0.39, 0.29) is 0 Å². The van der Waals surface area contributed by atoms with Gasteiger partial charge in [0.1, 0.15) is 11.3 Å². The van der Waals surface area contributed by atoms with Gasteiger partial charge in [0.15, 0.2) is 5.65 Å². The molecule has 2 heterocycles. The highest BCUT2D eigenvalue weighted by molar-refractivity contribution is 6.31. The van der Waals surface area contributed by atoms with Gasteiger partial charge < -0.3 is 10.3 Å². The summed E-state index contributed by atoms with van der Waals surface area (Å²) in [7, 11) is 0. The number of nitrogens with two attached hydrogens (primary N) is 1. The fourth-order valence-corrected chi connectivity index (χ4v) is 2.73. The second kappa shape index (κ2) is 6.46. The van der Waals surface area contributed by atoms with Crippen molar-refractivity contribution < 1.29 is 0 Å². The molecule has 0 saturated heterocycles. The molecule has 0 bridgehead atoms. The number of aryl methyl sites for hydroxylation is 1. The molecule has 22 heavy (non-hydrogen) atoms. The van der Waals surface area contributed by atoms with Gasteiger partial charge in [-0.1, -0.05) is 42.8 Å². The Morgan fingerprint density at radius 1 is 1.18 bits per heavy atom. The molecule has 3 rings (SSSR count). The lowest BCUT2D eigenvalue weighted by Gasteiger charge is -2.09. The molecule has 0 aliphatic heterocycles. The van der Waals surface area contributed by atoms with Gasteiger partial charge in [0.05, 0.1) is 11.6 Å². The Hall–Kier alpha value is -1.91. The number of imidazole rings is 1. The zero-order chi connectivity index (χ0) is 15.5. The van der Waals surface area contributed by atoms with Crippen LogP contribution in [0.15, 0.2) is 36.5 Å². The molecule has 0 fully saturated rings. The predicted molar refractivity (Wildman–Crippen MR) is 90.0 cm³/mol. The van der Waals surface area contributed by atoms with Crippen molar-refractivity contribution in [2.75, 3.05) is 0 Å². The molecule has 4 nitrogen and oxygen atoms in total. The Bertz CT molecular complexity index is 777. The molecule has 2 N–H and O–H groups in total. The van der Waals surface area contributed by atoms with Crippen molar-refractivity contribution in [3.8, 4) is 0 Å². The lowest BCUT2D eigenvalue weighted by Crippen LogP contribution is -2.06. The normalized spacial score (nSPS) is 11.2. The van der Waals surface area contributed by atoms with Crippen LogP contribution in [0.4, 0.5) is 0 Å². The average Bonchev–Trinajstić information content (AvgIpc) is 2.85. The summed E-state index contributed by atoms with van der Waals surface area (Å²) in [5, 5.41) is 0.618. The van der Waals surface area contributed by atoms with Gasteiger partial charge in [-0.2, -0.15) is 0 Å². The number of pyridine rings is 1. The summed E-state index contributed by atoms with van der Waals surface area (Å²) >= 11 is 6.03. The predicted octanol–water partition coefficient (Wildman–Crippen LogP) is 3.54. The summed E-state index contributed by atoms with van der Waals surface area (Å²) in [6.07, 6.45) is 3.65. The van der Waals surface area contributed by atoms with Crippen LogP contribution in [-0.2, 0) is 19.5 Å². The molecule has 0 saturated carbocycles. The highest BCUT2D eigenvalue weighted by Crippen LogP contribution is 2.20. The molecular formula is C17H19ClN4. The van der Waals surface area contributed by atoms with E-state index in [4.69, 9.17) is 17.3 Å². The van der Waals surface area contributed by atoms with Crippen LogP contribution in [0.25, 0.3) is 11.2 Å². The Labute approximate surface area is 134 Å². The molecule has 1 aromatic carbocycles. The number of halogens is 1. The molecule has 3 aromatic rings. The first-order valence-corrected chi connectivity index (χ1v) is 7.87. The summed E-state index contributed by atoms with van der Waals surface area (Å²) in [4.78, 5) is 9.15. The van der Waals surface area contributed by atoms with Crippen LogP contribution in [0.2, 0.25) is 5.02 Å². The van der Waals surface area contributed by atoms with Crippen LogP contribution in [0.3, 0.4) is 0 Å². The van der Waals surface area contributed by atoms with Gasteiger partial charge >= 0.3 is 0 Å². The largest absolute Gasteiger partial charge is 0.326 e. The molecule has 0 unspecified atom stereocenters. The number of benzene rings is 1. The van der Waals surface area contributed by atoms with Crippen molar-refractivity contribution >= 4 is 22.8 Å². The van der Waals surface area contributed by atoms with E-state index in [1.807, 2.05) is 6.07 Å². The van der Waals surface area contributed by atoms with E-state index >= 15 is 0 Å². The van der Waals surface area contributed by atoms with Gasteiger partial charge in [0, 0.05) is 19.2 Å². The van der Waals surface area contributed by atoms with E-state index < -0.39 is 0 Å². The molecule has 0 aliphatic carbocycles. The van der Waals surface area contributed by atoms with Crippen molar-refractivity contribution in [3.05, 3.63) is 58.5 Å². The first-order chi connectivity index (χ1) is 10.7. The highest BCUT2D eigenvalue weighted by atomic mass is 35.5. The summed E-state index contributed by atoms with van der Waals surface area (Å²) < 4.78 is 2.17. The van der Waals surface area contributed by atoms with Crippen molar-refractivity contribution in [1.29, 1.82) is 0 Å². The van der Waals surface area contributed by atoms with Crippen molar-refractivity contribution in [2.45, 2.75) is 32.9 Å². The van der Waals surface area contributed by atoms with Crippen LogP contribution in [0, 0.1) is 0 Å². The number of rotatable bonds is 5. The lowest BCUT2D eigenvalue weighted by molar-refractivity contribution is 0.716.